The molecule has 0 bridgehead atoms. The molecular weight excluding hydrogens is 280 g/mol. The molecule has 1 heterocycles. The number of methoxy groups -OCH3 is 2. The standard InChI is InChI=1S/C16H26N4O2/c1-4-20-9-5-6-12(20)11-18-16(17)19-14-10-13(21-2)7-8-15(14)22-3/h7-8,10,12H,4-6,9,11H2,1-3H3,(H3,17,18,19). The molecule has 1 aromatic rings. The third kappa shape index (κ3) is 4.04. The molecule has 0 radical (unpaired) electrons. The van der Waals surface area contributed by atoms with Crippen molar-refractivity contribution in [2.45, 2.75) is 25.8 Å². The van der Waals surface area contributed by atoms with Crippen LogP contribution in [-0.4, -0.2) is 50.8 Å². The first-order valence-electron chi connectivity index (χ1n) is 7.71. The van der Waals surface area contributed by atoms with Crippen LogP contribution in [0.5, 0.6) is 11.5 Å². The van der Waals surface area contributed by atoms with E-state index in [1.54, 1.807) is 14.2 Å². The summed E-state index contributed by atoms with van der Waals surface area (Å²) in [4.78, 5) is 6.92. The van der Waals surface area contributed by atoms with Crippen LogP contribution in [0.25, 0.3) is 0 Å². The van der Waals surface area contributed by atoms with E-state index in [2.05, 4.69) is 22.1 Å². The SMILES string of the molecule is CCN1CCCC1CN=C(N)Nc1cc(OC)ccc1OC. The number of ether oxygens (including phenoxy) is 2. The van der Waals surface area contributed by atoms with E-state index < -0.39 is 0 Å². The molecule has 1 saturated heterocycles. The second-order valence-electron chi connectivity index (χ2n) is 5.34. The minimum absolute atomic E-state index is 0.398. The zero-order valence-electron chi connectivity index (χ0n) is 13.6. The lowest BCUT2D eigenvalue weighted by atomic mass is 10.2. The highest BCUT2D eigenvalue weighted by Crippen LogP contribution is 2.28. The first kappa shape index (κ1) is 16.4. The van der Waals surface area contributed by atoms with Crippen molar-refractivity contribution in [2.75, 3.05) is 39.2 Å². The van der Waals surface area contributed by atoms with Gasteiger partial charge < -0.3 is 20.5 Å². The van der Waals surface area contributed by atoms with Crippen molar-refractivity contribution in [2.24, 2.45) is 10.7 Å². The van der Waals surface area contributed by atoms with Gasteiger partial charge in [0, 0.05) is 12.1 Å². The summed E-state index contributed by atoms with van der Waals surface area (Å²) < 4.78 is 10.5. The molecule has 22 heavy (non-hydrogen) atoms. The maximum absolute atomic E-state index is 6.01. The van der Waals surface area contributed by atoms with E-state index in [-0.39, 0.29) is 0 Å². The van der Waals surface area contributed by atoms with Crippen molar-refractivity contribution in [1.29, 1.82) is 0 Å². The second-order valence-corrected chi connectivity index (χ2v) is 5.34. The predicted octanol–water partition coefficient (Wildman–Crippen LogP) is 1.91. The largest absolute Gasteiger partial charge is 0.497 e. The van der Waals surface area contributed by atoms with Crippen LogP contribution in [0.2, 0.25) is 0 Å². The van der Waals surface area contributed by atoms with Gasteiger partial charge in [0.2, 0.25) is 0 Å². The van der Waals surface area contributed by atoms with Gasteiger partial charge >= 0.3 is 0 Å². The summed E-state index contributed by atoms with van der Waals surface area (Å²) in [7, 11) is 3.25. The van der Waals surface area contributed by atoms with Gasteiger partial charge in [0.15, 0.2) is 5.96 Å². The smallest absolute Gasteiger partial charge is 0.193 e. The molecule has 1 atom stereocenters. The molecule has 1 aliphatic rings. The number of nitrogens with one attached hydrogen (secondary N) is 1. The van der Waals surface area contributed by atoms with E-state index >= 15 is 0 Å². The fraction of sp³-hybridized carbons (Fsp3) is 0.562. The summed E-state index contributed by atoms with van der Waals surface area (Å²) in [5.41, 5.74) is 6.76. The van der Waals surface area contributed by atoms with Gasteiger partial charge in [-0.25, -0.2) is 0 Å². The van der Waals surface area contributed by atoms with Gasteiger partial charge in [0.05, 0.1) is 26.5 Å². The molecule has 2 rings (SSSR count). The van der Waals surface area contributed by atoms with Crippen LogP contribution in [-0.2, 0) is 0 Å². The van der Waals surface area contributed by atoms with E-state index in [0.717, 1.165) is 31.1 Å². The molecule has 1 aliphatic heterocycles. The molecule has 1 aromatic carbocycles. The number of nitrogens with zero attached hydrogens (tertiary/aromatic N) is 2. The van der Waals surface area contributed by atoms with Crippen molar-refractivity contribution in [3.05, 3.63) is 18.2 Å². The number of likely N-dealkylation sites (tertiary alicyclic amines) is 1. The molecule has 0 aromatic heterocycles. The molecule has 3 N–H and O–H groups in total. The number of benzene rings is 1. The Labute approximate surface area is 132 Å². The molecule has 0 aliphatic carbocycles. The maximum Gasteiger partial charge on any atom is 0.193 e. The number of aliphatic imine (C=N–C) groups is 1. The minimum Gasteiger partial charge on any atom is -0.497 e. The molecular formula is C16H26N4O2. The van der Waals surface area contributed by atoms with E-state index in [1.807, 2.05) is 18.2 Å². The second kappa shape index (κ2) is 7.89. The number of likely N-dealkylation sites (N-methyl/N-ethyl adjacent to an activating group) is 1. The summed E-state index contributed by atoms with van der Waals surface area (Å²) in [6.45, 7) is 5.13. The van der Waals surface area contributed by atoms with Gasteiger partial charge in [0.25, 0.3) is 0 Å². The van der Waals surface area contributed by atoms with Gasteiger partial charge in [0.1, 0.15) is 11.5 Å². The lowest BCUT2D eigenvalue weighted by molar-refractivity contribution is 0.273. The van der Waals surface area contributed by atoms with Gasteiger partial charge in [-0.3, -0.25) is 9.89 Å². The van der Waals surface area contributed by atoms with Crippen LogP contribution in [0.3, 0.4) is 0 Å². The topological polar surface area (TPSA) is 72.1 Å². The molecule has 0 spiro atoms. The third-order valence-electron chi connectivity index (χ3n) is 4.05. The summed E-state index contributed by atoms with van der Waals surface area (Å²) in [6.07, 6.45) is 2.43. The van der Waals surface area contributed by atoms with Crippen molar-refractivity contribution in [3.8, 4) is 11.5 Å². The monoisotopic (exact) mass is 306 g/mol. The number of guanidine groups is 1. The van der Waals surface area contributed by atoms with Crippen molar-refractivity contribution in [3.63, 3.8) is 0 Å². The molecule has 0 saturated carbocycles. The fourth-order valence-electron chi connectivity index (χ4n) is 2.81. The molecule has 6 heteroatoms. The molecule has 1 unspecified atom stereocenters. The lowest BCUT2D eigenvalue weighted by Gasteiger charge is -2.21. The Hall–Kier alpha value is -1.95. The number of anilines is 1. The van der Waals surface area contributed by atoms with Gasteiger partial charge in [-0.15, -0.1) is 0 Å². The van der Waals surface area contributed by atoms with Crippen molar-refractivity contribution in [1.82, 2.24) is 4.90 Å². The average molecular weight is 306 g/mol. The van der Waals surface area contributed by atoms with E-state index in [0.29, 0.717) is 17.8 Å². The highest BCUT2D eigenvalue weighted by Gasteiger charge is 2.22. The lowest BCUT2D eigenvalue weighted by Crippen LogP contribution is -2.33. The third-order valence-corrected chi connectivity index (χ3v) is 4.05. The Morgan fingerprint density at radius 2 is 2.23 bits per heavy atom. The quantitative estimate of drug-likeness (QED) is 0.620. The average Bonchev–Trinajstić information content (AvgIpc) is 3.00. The van der Waals surface area contributed by atoms with Crippen molar-refractivity contribution < 1.29 is 9.47 Å². The summed E-state index contributed by atoms with van der Waals surface area (Å²) in [5, 5.41) is 3.10. The van der Waals surface area contributed by atoms with Gasteiger partial charge in [-0.05, 0) is 38.1 Å². The Balaban J connectivity index is 2.01. The Morgan fingerprint density at radius 1 is 1.41 bits per heavy atom. The van der Waals surface area contributed by atoms with Crippen LogP contribution in [0.15, 0.2) is 23.2 Å². The summed E-state index contributed by atoms with van der Waals surface area (Å²) in [5.74, 6) is 1.84. The Bertz CT molecular complexity index is 519. The zero-order valence-corrected chi connectivity index (χ0v) is 13.6. The Kier molecular flexibility index (Phi) is 5.89. The van der Waals surface area contributed by atoms with Crippen LogP contribution in [0.4, 0.5) is 5.69 Å². The normalized spacial score (nSPS) is 19.2. The Morgan fingerprint density at radius 3 is 2.91 bits per heavy atom. The molecule has 6 nitrogen and oxygen atoms in total. The van der Waals surface area contributed by atoms with Crippen LogP contribution >= 0.6 is 0 Å². The summed E-state index contributed by atoms with van der Waals surface area (Å²) in [6, 6.07) is 6.02. The number of rotatable bonds is 6. The number of nitrogens with two attached hydrogens (primary N) is 1. The summed E-state index contributed by atoms with van der Waals surface area (Å²) >= 11 is 0. The van der Waals surface area contributed by atoms with Crippen LogP contribution in [0.1, 0.15) is 19.8 Å². The molecule has 1 fully saturated rings. The molecule has 0 amide bonds. The number of hydrogen-bond donors (Lipinski definition) is 2. The zero-order chi connectivity index (χ0) is 15.9. The van der Waals surface area contributed by atoms with Gasteiger partial charge in [-0.1, -0.05) is 6.92 Å². The van der Waals surface area contributed by atoms with E-state index in [9.17, 15) is 0 Å². The predicted molar refractivity (Wildman–Crippen MR) is 89.9 cm³/mol. The number of hydrogen-bond acceptors (Lipinski definition) is 4. The fourth-order valence-corrected chi connectivity index (χ4v) is 2.81. The maximum atomic E-state index is 6.01. The van der Waals surface area contributed by atoms with Crippen molar-refractivity contribution >= 4 is 11.6 Å². The van der Waals surface area contributed by atoms with E-state index in [4.69, 9.17) is 15.2 Å². The minimum atomic E-state index is 0.398. The van der Waals surface area contributed by atoms with E-state index in [1.165, 1.54) is 12.8 Å². The van der Waals surface area contributed by atoms with Crippen LogP contribution < -0.4 is 20.5 Å². The highest BCUT2D eigenvalue weighted by molar-refractivity contribution is 5.94. The van der Waals surface area contributed by atoms with Crippen LogP contribution in [0, 0.1) is 0 Å². The highest BCUT2D eigenvalue weighted by atomic mass is 16.5. The first-order valence-corrected chi connectivity index (χ1v) is 7.71. The van der Waals surface area contributed by atoms with Gasteiger partial charge in [-0.2, -0.15) is 0 Å². The molecule has 122 valence electrons. The first-order chi connectivity index (χ1) is 10.7.